The maximum Gasteiger partial charge on any atom is 0.340 e. The first-order valence-electron chi connectivity index (χ1n) is 10.1. The third-order valence-electron chi connectivity index (χ3n) is 5.31. The van der Waals surface area contributed by atoms with Gasteiger partial charge in [0.1, 0.15) is 18.2 Å². The van der Waals surface area contributed by atoms with Crippen molar-refractivity contribution in [2.45, 2.75) is 20.8 Å². The normalized spacial score (nSPS) is 11.8. The third-order valence-corrected chi connectivity index (χ3v) is 5.31. The number of aliphatic hydroxyl groups excluding tert-OH is 1. The van der Waals surface area contributed by atoms with Gasteiger partial charge < -0.3 is 19.4 Å². The second-order valence-corrected chi connectivity index (χ2v) is 7.57. The molecule has 0 fully saturated rings. The first-order chi connectivity index (χ1) is 15.4. The van der Waals surface area contributed by atoms with Crippen LogP contribution in [0.5, 0.6) is 0 Å². The van der Waals surface area contributed by atoms with Crippen LogP contribution in [0, 0.1) is 32.1 Å². The number of benzene rings is 2. The number of aromatic amines is 1. The van der Waals surface area contributed by atoms with Gasteiger partial charge in [0.25, 0.3) is 0 Å². The molecule has 7 heteroatoms. The number of nitrogens with zero attached hydrogens (tertiary/aromatic N) is 3. The SMILES string of the molecule is Cc1ccc(-n2c(C)cc(C(=O)OC/C(O)=C(/C#N)c3nc4ccccc4[nH]3)c2C)cc1. The number of para-hydroxylation sites is 2. The topological polar surface area (TPSA) is 104 Å². The monoisotopic (exact) mass is 426 g/mol. The quantitative estimate of drug-likeness (QED) is 0.268. The van der Waals surface area contributed by atoms with Crippen molar-refractivity contribution in [2.75, 3.05) is 6.61 Å². The lowest BCUT2D eigenvalue weighted by molar-refractivity contribution is 0.0502. The van der Waals surface area contributed by atoms with E-state index < -0.39 is 12.6 Å². The van der Waals surface area contributed by atoms with Crippen LogP contribution in [-0.2, 0) is 4.74 Å². The second kappa shape index (κ2) is 8.44. The molecule has 0 bridgehead atoms. The Bertz CT molecular complexity index is 1350. The number of allylic oxidation sites excluding steroid dienone is 1. The Morgan fingerprint density at radius 2 is 1.88 bits per heavy atom. The van der Waals surface area contributed by atoms with Gasteiger partial charge in [0.05, 0.1) is 16.6 Å². The van der Waals surface area contributed by atoms with Crippen molar-refractivity contribution >= 4 is 22.6 Å². The molecule has 32 heavy (non-hydrogen) atoms. The predicted molar refractivity (Wildman–Crippen MR) is 122 cm³/mol. The van der Waals surface area contributed by atoms with Crippen LogP contribution in [0.2, 0.25) is 0 Å². The average molecular weight is 426 g/mol. The van der Waals surface area contributed by atoms with Gasteiger partial charge in [-0.2, -0.15) is 5.26 Å². The molecule has 0 saturated carbocycles. The molecule has 7 nitrogen and oxygen atoms in total. The molecular weight excluding hydrogens is 404 g/mol. The number of carbonyl (C=O) groups is 1. The van der Waals surface area contributed by atoms with Gasteiger partial charge in [0, 0.05) is 17.1 Å². The van der Waals surface area contributed by atoms with Crippen molar-refractivity contribution in [3.63, 3.8) is 0 Å². The highest BCUT2D eigenvalue weighted by molar-refractivity contribution is 5.91. The number of ether oxygens (including phenoxy) is 1. The number of H-pyrrole nitrogens is 1. The van der Waals surface area contributed by atoms with Crippen molar-refractivity contribution in [3.8, 4) is 11.8 Å². The van der Waals surface area contributed by atoms with E-state index >= 15 is 0 Å². The smallest absolute Gasteiger partial charge is 0.340 e. The van der Waals surface area contributed by atoms with Crippen molar-refractivity contribution in [3.05, 3.63) is 88.7 Å². The molecule has 0 spiro atoms. The molecule has 0 aliphatic carbocycles. The molecule has 0 saturated heterocycles. The summed E-state index contributed by atoms with van der Waals surface area (Å²) in [6.07, 6.45) is 0. The fraction of sp³-hybridized carbons (Fsp3) is 0.160. The fourth-order valence-electron chi connectivity index (χ4n) is 3.67. The Balaban J connectivity index is 1.56. The Hall–Kier alpha value is -4.31. The number of imidazole rings is 1. The summed E-state index contributed by atoms with van der Waals surface area (Å²) in [5.74, 6) is -0.725. The molecule has 2 heterocycles. The van der Waals surface area contributed by atoms with Gasteiger partial charge in [-0.3, -0.25) is 0 Å². The van der Waals surface area contributed by atoms with E-state index in [0.29, 0.717) is 11.1 Å². The highest BCUT2D eigenvalue weighted by Gasteiger charge is 2.20. The highest BCUT2D eigenvalue weighted by atomic mass is 16.5. The number of nitriles is 1. The Morgan fingerprint density at radius 1 is 1.16 bits per heavy atom. The molecule has 2 aromatic carbocycles. The van der Waals surface area contributed by atoms with Gasteiger partial charge in [-0.25, -0.2) is 9.78 Å². The molecule has 0 amide bonds. The summed E-state index contributed by atoms with van der Waals surface area (Å²) >= 11 is 0. The number of esters is 1. The molecule has 160 valence electrons. The third kappa shape index (κ3) is 3.86. The van der Waals surface area contributed by atoms with E-state index in [1.54, 1.807) is 12.1 Å². The summed E-state index contributed by atoms with van der Waals surface area (Å²) in [4.78, 5) is 20.0. The largest absolute Gasteiger partial charge is 0.507 e. The van der Waals surface area contributed by atoms with E-state index in [0.717, 1.165) is 28.2 Å². The first-order valence-corrected chi connectivity index (χ1v) is 10.1. The van der Waals surface area contributed by atoms with Gasteiger partial charge in [-0.15, -0.1) is 0 Å². The van der Waals surface area contributed by atoms with E-state index in [-0.39, 0.29) is 17.2 Å². The van der Waals surface area contributed by atoms with Gasteiger partial charge in [-0.05, 0) is 51.1 Å². The number of aliphatic hydroxyl groups is 1. The number of aromatic nitrogens is 3. The Morgan fingerprint density at radius 3 is 2.56 bits per heavy atom. The molecule has 2 aromatic heterocycles. The molecule has 2 N–H and O–H groups in total. The average Bonchev–Trinajstić information content (AvgIpc) is 3.33. The minimum Gasteiger partial charge on any atom is -0.507 e. The molecule has 0 unspecified atom stereocenters. The van der Waals surface area contributed by atoms with Crippen LogP contribution < -0.4 is 0 Å². The maximum atomic E-state index is 12.7. The second-order valence-electron chi connectivity index (χ2n) is 7.57. The number of carbonyl (C=O) groups excluding carboxylic acids is 1. The molecule has 4 rings (SSSR count). The van der Waals surface area contributed by atoms with E-state index in [1.165, 1.54) is 0 Å². The molecule has 0 aliphatic rings. The van der Waals surface area contributed by atoms with E-state index in [9.17, 15) is 15.2 Å². The van der Waals surface area contributed by atoms with Crippen LogP contribution in [0.15, 0.2) is 60.4 Å². The summed E-state index contributed by atoms with van der Waals surface area (Å²) in [6.45, 7) is 5.33. The zero-order valence-electron chi connectivity index (χ0n) is 18.0. The lowest BCUT2D eigenvalue weighted by Gasteiger charge is -2.10. The van der Waals surface area contributed by atoms with Gasteiger partial charge >= 0.3 is 5.97 Å². The molecule has 4 aromatic rings. The van der Waals surface area contributed by atoms with Crippen LogP contribution >= 0.6 is 0 Å². The Kier molecular flexibility index (Phi) is 5.52. The zero-order valence-corrected chi connectivity index (χ0v) is 18.0. The molecule has 0 aliphatic heterocycles. The zero-order chi connectivity index (χ0) is 22.8. The van der Waals surface area contributed by atoms with Crippen LogP contribution in [-0.4, -0.2) is 32.2 Å². The van der Waals surface area contributed by atoms with Gasteiger partial charge in [0.15, 0.2) is 11.6 Å². The number of nitrogens with one attached hydrogen (secondary N) is 1. The minimum absolute atomic E-state index is 0.0703. The lowest BCUT2D eigenvalue weighted by atomic mass is 10.2. The number of aryl methyl sites for hydroxylation is 2. The van der Waals surface area contributed by atoms with E-state index in [2.05, 4.69) is 9.97 Å². The van der Waals surface area contributed by atoms with Crippen molar-refractivity contribution in [1.82, 2.24) is 14.5 Å². The summed E-state index contributed by atoms with van der Waals surface area (Å²) in [6, 6.07) is 19.0. The first kappa shape index (κ1) is 20.9. The van der Waals surface area contributed by atoms with E-state index in [4.69, 9.17) is 4.74 Å². The van der Waals surface area contributed by atoms with Crippen molar-refractivity contribution < 1.29 is 14.6 Å². The number of hydrogen-bond donors (Lipinski definition) is 2. The highest BCUT2D eigenvalue weighted by Crippen LogP contribution is 2.23. The summed E-state index contributed by atoms with van der Waals surface area (Å²) in [7, 11) is 0. The summed E-state index contributed by atoms with van der Waals surface area (Å²) in [5.41, 5.74) is 5.46. The summed E-state index contributed by atoms with van der Waals surface area (Å²) in [5, 5.41) is 19.9. The Labute approximate surface area is 185 Å². The van der Waals surface area contributed by atoms with Crippen LogP contribution in [0.3, 0.4) is 0 Å². The minimum atomic E-state index is -0.579. The number of rotatable bonds is 5. The van der Waals surface area contributed by atoms with Crippen LogP contribution in [0.4, 0.5) is 0 Å². The van der Waals surface area contributed by atoms with Crippen LogP contribution in [0.1, 0.15) is 33.1 Å². The van der Waals surface area contributed by atoms with Gasteiger partial charge in [-0.1, -0.05) is 29.8 Å². The standard InChI is InChI=1S/C25H22N4O3/c1-15-8-10-18(11-9-15)29-16(2)12-19(17(29)3)25(31)32-14-23(30)20(13-26)24-27-21-6-4-5-7-22(21)28-24/h4-12,30H,14H2,1-3H3,(H,27,28)/b23-20+. The lowest BCUT2D eigenvalue weighted by Crippen LogP contribution is -2.10. The van der Waals surface area contributed by atoms with E-state index in [1.807, 2.05) is 73.9 Å². The number of hydrogen-bond acceptors (Lipinski definition) is 5. The van der Waals surface area contributed by atoms with Crippen molar-refractivity contribution in [1.29, 1.82) is 5.26 Å². The molecule has 0 radical (unpaired) electrons. The summed E-state index contributed by atoms with van der Waals surface area (Å²) < 4.78 is 7.29. The number of fused-ring (bicyclic) bond motifs is 1. The fourth-order valence-corrected chi connectivity index (χ4v) is 3.67. The maximum absolute atomic E-state index is 12.7. The van der Waals surface area contributed by atoms with Gasteiger partial charge in [0.2, 0.25) is 0 Å². The van der Waals surface area contributed by atoms with Crippen LogP contribution in [0.25, 0.3) is 22.3 Å². The molecule has 0 atom stereocenters. The predicted octanol–water partition coefficient (Wildman–Crippen LogP) is 4.93. The van der Waals surface area contributed by atoms with Crippen molar-refractivity contribution in [2.24, 2.45) is 0 Å². The molecular formula is C25H22N4O3.